The Kier molecular flexibility index (Phi) is 5.46. The van der Waals surface area contributed by atoms with Crippen molar-refractivity contribution in [1.82, 2.24) is 5.32 Å². The molecule has 2 nitrogen and oxygen atoms in total. The van der Waals surface area contributed by atoms with Crippen LogP contribution in [0.1, 0.15) is 49.4 Å². The summed E-state index contributed by atoms with van der Waals surface area (Å²) in [6.45, 7) is 2.24. The molecule has 1 fully saturated rings. The fourth-order valence-electron chi connectivity index (χ4n) is 2.75. The second-order valence-electron chi connectivity index (χ2n) is 5.27. The van der Waals surface area contributed by atoms with E-state index in [1.54, 1.807) is 0 Å². The summed E-state index contributed by atoms with van der Waals surface area (Å²) < 4.78 is 1.84. The molecule has 0 aromatic heterocycles. The van der Waals surface area contributed by atoms with Crippen LogP contribution in [0.15, 0.2) is 27.1 Å². The number of nitrogens with one attached hydrogen (secondary N) is 1. The Morgan fingerprint density at radius 1 is 1.26 bits per heavy atom. The number of benzene rings is 1. The van der Waals surface area contributed by atoms with E-state index in [1.807, 2.05) is 18.2 Å². The van der Waals surface area contributed by atoms with Crippen LogP contribution >= 0.6 is 31.9 Å². The Balaban J connectivity index is 2.00. The molecule has 1 aromatic rings. The molecule has 2 unspecified atom stereocenters. The van der Waals surface area contributed by atoms with Crippen molar-refractivity contribution in [2.75, 3.05) is 0 Å². The quantitative estimate of drug-likeness (QED) is 0.782. The first kappa shape index (κ1) is 15.0. The van der Waals surface area contributed by atoms with Gasteiger partial charge in [-0.3, -0.25) is 4.79 Å². The molecule has 1 aliphatic carbocycles. The maximum atomic E-state index is 12.3. The molecule has 1 N–H and O–H groups in total. The highest BCUT2D eigenvalue weighted by atomic mass is 79.9. The summed E-state index contributed by atoms with van der Waals surface area (Å²) in [5, 5.41) is 3.17. The van der Waals surface area contributed by atoms with Gasteiger partial charge in [0.1, 0.15) is 0 Å². The van der Waals surface area contributed by atoms with Gasteiger partial charge in [0, 0.05) is 20.6 Å². The van der Waals surface area contributed by atoms with Gasteiger partial charge in [-0.05, 0) is 37.0 Å². The van der Waals surface area contributed by atoms with E-state index >= 15 is 0 Å². The summed E-state index contributed by atoms with van der Waals surface area (Å²) in [5.74, 6) is 0.803. The SMILES string of the molecule is CCC1CCCC(NC(=O)c2cc(Br)cc(Br)c2)C1. The molecule has 1 amide bonds. The minimum atomic E-state index is 0.0313. The zero-order chi connectivity index (χ0) is 13.8. The lowest BCUT2D eigenvalue weighted by atomic mass is 9.84. The second kappa shape index (κ2) is 6.89. The maximum absolute atomic E-state index is 12.3. The summed E-state index contributed by atoms with van der Waals surface area (Å²) in [7, 11) is 0. The van der Waals surface area contributed by atoms with Crippen LogP contribution in [0, 0.1) is 5.92 Å². The second-order valence-corrected chi connectivity index (χ2v) is 7.10. The molecule has 2 rings (SSSR count). The van der Waals surface area contributed by atoms with E-state index in [9.17, 15) is 4.79 Å². The van der Waals surface area contributed by atoms with E-state index < -0.39 is 0 Å². The summed E-state index contributed by atoms with van der Waals surface area (Å²) in [6.07, 6.45) is 5.99. The van der Waals surface area contributed by atoms with Crippen LogP contribution in [0.4, 0.5) is 0 Å². The first-order valence-corrected chi connectivity index (χ1v) is 8.44. The third-order valence-corrected chi connectivity index (χ3v) is 4.74. The number of carbonyl (C=O) groups excluding carboxylic acids is 1. The molecule has 4 heteroatoms. The van der Waals surface area contributed by atoms with Crippen molar-refractivity contribution in [3.05, 3.63) is 32.7 Å². The minimum absolute atomic E-state index is 0.0313. The number of hydrogen-bond acceptors (Lipinski definition) is 1. The molecular formula is C15H19Br2NO. The number of rotatable bonds is 3. The van der Waals surface area contributed by atoms with Crippen molar-refractivity contribution < 1.29 is 4.79 Å². The van der Waals surface area contributed by atoms with Gasteiger partial charge in [-0.15, -0.1) is 0 Å². The lowest BCUT2D eigenvalue weighted by Gasteiger charge is -2.29. The molecule has 104 valence electrons. The van der Waals surface area contributed by atoms with Crippen LogP contribution in [0.25, 0.3) is 0 Å². The van der Waals surface area contributed by atoms with Gasteiger partial charge in [0.15, 0.2) is 0 Å². The monoisotopic (exact) mass is 387 g/mol. The summed E-state index contributed by atoms with van der Waals surface area (Å²) in [5.41, 5.74) is 0.708. The van der Waals surface area contributed by atoms with Crippen molar-refractivity contribution in [2.24, 2.45) is 5.92 Å². The Hall–Kier alpha value is -0.350. The van der Waals surface area contributed by atoms with Crippen molar-refractivity contribution in [3.63, 3.8) is 0 Å². The molecule has 1 aromatic carbocycles. The van der Waals surface area contributed by atoms with Gasteiger partial charge in [-0.25, -0.2) is 0 Å². The first-order chi connectivity index (χ1) is 9.08. The number of carbonyl (C=O) groups is 1. The van der Waals surface area contributed by atoms with Gasteiger partial charge in [0.25, 0.3) is 5.91 Å². The van der Waals surface area contributed by atoms with Crippen LogP contribution in [0.3, 0.4) is 0 Å². The van der Waals surface area contributed by atoms with Gasteiger partial charge in [-0.1, -0.05) is 58.0 Å². The van der Waals surface area contributed by atoms with Gasteiger partial charge in [0.05, 0.1) is 0 Å². The van der Waals surface area contributed by atoms with Gasteiger partial charge in [0.2, 0.25) is 0 Å². The predicted octanol–water partition coefficient (Wildman–Crippen LogP) is 4.91. The number of hydrogen-bond donors (Lipinski definition) is 1. The van der Waals surface area contributed by atoms with Crippen molar-refractivity contribution in [3.8, 4) is 0 Å². The number of halogens is 2. The smallest absolute Gasteiger partial charge is 0.251 e. The summed E-state index contributed by atoms with van der Waals surface area (Å²) in [6, 6.07) is 5.99. The van der Waals surface area contributed by atoms with Gasteiger partial charge >= 0.3 is 0 Å². The Bertz CT molecular complexity index is 441. The van der Waals surface area contributed by atoms with E-state index in [0.717, 1.165) is 27.7 Å². The molecule has 0 spiro atoms. The zero-order valence-corrected chi connectivity index (χ0v) is 14.3. The predicted molar refractivity (Wildman–Crippen MR) is 85.3 cm³/mol. The van der Waals surface area contributed by atoms with Crippen molar-refractivity contribution >= 4 is 37.8 Å². The third kappa shape index (κ3) is 4.32. The molecule has 0 radical (unpaired) electrons. The Morgan fingerprint density at radius 3 is 2.58 bits per heavy atom. The van der Waals surface area contributed by atoms with E-state index in [4.69, 9.17) is 0 Å². The topological polar surface area (TPSA) is 29.1 Å². The van der Waals surface area contributed by atoms with Gasteiger partial charge in [-0.2, -0.15) is 0 Å². The summed E-state index contributed by atoms with van der Waals surface area (Å²) >= 11 is 6.83. The highest BCUT2D eigenvalue weighted by molar-refractivity contribution is 9.11. The van der Waals surface area contributed by atoms with E-state index in [2.05, 4.69) is 44.1 Å². The number of amides is 1. The average Bonchev–Trinajstić information content (AvgIpc) is 2.37. The zero-order valence-electron chi connectivity index (χ0n) is 11.1. The highest BCUT2D eigenvalue weighted by Crippen LogP contribution is 2.27. The van der Waals surface area contributed by atoms with Gasteiger partial charge < -0.3 is 5.32 Å². The fourth-order valence-corrected chi connectivity index (χ4v) is 4.04. The molecule has 1 saturated carbocycles. The highest BCUT2D eigenvalue weighted by Gasteiger charge is 2.22. The molecule has 19 heavy (non-hydrogen) atoms. The minimum Gasteiger partial charge on any atom is -0.349 e. The molecule has 0 bridgehead atoms. The van der Waals surface area contributed by atoms with Crippen LogP contribution in [0.5, 0.6) is 0 Å². The molecule has 1 aliphatic rings. The molecular weight excluding hydrogens is 370 g/mol. The fraction of sp³-hybridized carbons (Fsp3) is 0.533. The van der Waals surface area contributed by atoms with Crippen LogP contribution in [-0.2, 0) is 0 Å². The maximum Gasteiger partial charge on any atom is 0.251 e. The summed E-state index contributed by atoms with van der Waals surface area (Å²) in [4.78, 5) is 12.3. The first-order valence-electron chi connectivity index (χ1n) is 6.85. The average molecular weight is 389 g/mol. The van der Waals surface area contributed by atoms with E-state index in [1.165, 1.54) is 19.3 Å². The molecule has 0 saturated heterocycles. The molecule has 2 atom stereocenters. The largest absolute Gasteiger partial charge is 0.349 e. The lowest BCUT2D eigenvalue weighted by Crippen LogP contribution is -2.38. The van der Waals surface area contributed by atoms with Crippen LogP contribution in [0.2, 0.25) is 0 Å². The standard InChI is InChI=1S/C15H19Br2NO/c1-2-10-4-3-5-14(6-10)18-15(19)11-7-12(16)9-13(17)8-11/h7-10,14H,2-6H2,1H3,(H,18,19). The third-order valence-electron chi connectivity index (χ3n) is 3.82. The normalized spacial score (nSPS) is 23.1. The van der Waals surface area contributed by atoms with Crippen molar-refractivity contribution in [1.29, 1.82) is 0 Å². The van der Waals surface area contributed by atoms with Crippen LogP contribution in [-0.4, -0.2) is 11.9 Å². The lowest BCUT2D eigenvalue weighted by molar-refractivity contribution is 0.0919. The Morgan fingerprint density at radius 2 is 1.95 bits per heavy atom. The Labute approximate surface area is 131 Å². The van der Waals surface area contributed by atoms with E-state index in [-0.39, 0.29) is 5.91 Å². The molecule has 0 aliphatic heterocycles. The van der Waals surface area contributed by atoms with Crippen LogP contribution < -0.4 is 5.32 Å². The molecule has 0 heterocycles. The van der Waals surface area contributed by atoms with Crippen molar-refractivity contribution in [2.45, 2.75) is 45.1 Å². The van der Waals surface area contributed by atoms with E-state index in [0.29, 0.717) is 11.6 Å².